The summed E-state index contributed by atoms with van der Waals surface area (Å²) in [6.07, 6.45) is 1.59. The van der Waals surface area contributed by atoms with Gasteiger partial charge < -0.3 is 10.4 Å². The topological polar surface area (TPSA) is 83.5 Å². The highest BCUT2D eigenvalue weighted by Gasteiger charge is 2.28. The number of hydrogen-bond acceptors (Lipinski definition) is 4. The van der Waals surface area contributed by atoms with Crippen LogP contribution in [0.15, 0.2) is 41.2 Å². The van der Waals surface area contributed by atoms with Crippen LogP contribution in [-0.2, 0) is 9.59 Å². The van der Waals surface area contributed by atoms with Crippen molar-refractivity contribution in [2.75, 3.05) is 0 Å². The van der Waals surface area contributed by atoms with Gasteiger partial charge in [0, 0.05) is 5.70 Å². The van der Waals surface area contributed by atoms with E-state index in [1.165, 1.54) is 19.1 Å². The van der Waals surface area contributed by atoms with Crippen LogP contribution < -0.4 is 5.32 Å². The van der Waals surface area contributed by atoms with Gasteiger partial charge in [-0.05, 0) is 37.6 Å². The van der Waals surface area contributed by atoms with Gasteiger partial charge in [-0.3, -0.25) is 9.59 Å². The Morgan fingerprint density at radius 2 is 1.80 bits per heavy atom. The number of aromatic carboxylic acids is 1. The molecule has 20 heavy (non-hydrogen) atoms. The molecule has 1 aliphatic heterocycles. The zero-order valence-corrected chi connectivity index (χ0v) is 11.1. The van der Waals surface area contributed by atoms with Crippen molar-refractivity contribution in [3.05, 3.63) is 52.4 Å². The van der Waals surface area contributed by atoms with E-state index in [2.05, 4.69) is 5.32 Å². The first-order valence-electron chi connectivity index (χ1n) is 5.98. The first kappa shape index (κ1) is 13.7. The first-order chi connectivity index (χ1) is 9.40. The number of carboxylic acid groups (broad SMARTS) is 1. The van der Waals surface area contributed by atoms with Crippen molar-refractivity contribution in [2.24, 2.45) is 0 Å². The smallest absolute Gasteiger partial charge is 0.335 e. The van der Waals surface area contributed by atoms with Crippen LogP contribution in [0.2, 0.25) is 0 Å². The molecular formula is C15H13NO4. The number of carboxylic acids is 1. The van der Waals surface area contributed by atoms with E-state index in [1.807, 2.05) is 0 Å². The maximum absolute atomic E-state index is 12.0. The van der Waals surface area contributed by atoms with E-state index in [9.17, 15) is 14.4 Å². The minimum Gasteiger partial charge on any atom is -0.478 e. The Bertz CT molecular complexity index is 666. The fourth-order valence-corrected chi connectivity index (χ4v) is 2.04. The van der Waals surface area contributed by atoms with Gasteiger partial charge in [0.1, 0.15) is 0 Å². The Morgan fingerprint density at radius 3 is 2.25 bits per heavy atom. The van der Waals surface area contributed by atoms with Crippen molar-refractivity contribution in [1.29, 1.82) is 0 Å². The number of benzene rings is 1. The summed E-state index contributed by atoms with van der Waals surface area (Å²) in [5.41, 5.74) is 1.88. The highest BCUT2D eigenvalue weighted by Crippen LogP contribution is 2.20. The molecule has 0 aliphatic carbocycles. The molecule has 0 radical (unpaired) electrons. The maximum Gasteiger partial charge on any atom is 0.335 e. The van der Waals surface area contributed by atoms with E-state index < -0.39 is 5.97 Å². The minimum atomic E-state index is -1.00. The molecule has 0 bridgehead atoms. The minimum absolute atomic E-state index is 0.165. The number of nitrogens with one attached hydrogen (secondary N) is 1. The molecule has 0 fully saturated rings. The molecule has 0 saturated carbocycles. The molecule has 102 valence electrons. The molecule has 1 heterocycles. The summed E-state index contributed by atoms with van der Waals surface area (Å²) in [5, 5.41) is 11.7. The number of ketones is 2. The van der Waals surface area contributed by atoms with E-state index in [0.717, 1.165) is 0 Å². The third kappa shape index (κ3) is 2.51. The lowest BCUT2D eigenvalue weighted by atomic mass is 10.1. The molecule has 0 spiro atoms. The van der Waals surface area contributed by atoms with Gasteiger partial charge in [0.25, 0.3) is 0 Å². The van der Waals surface area contributed by atoms with Crippen LogP contribution in [0, 0.1) is 0 Å². The number of allylic oxidation sites excluding steroid dienone is 2. The quantitative estimate of drug-likeness (QED) is 0.646. The molecule has 0 atom stereocenters. The van der Waals surface area contributed by atoms with Gasteiger partial charge >= 0.3 is 5.97 Å². The molecule has 1 aromatic carbocycles. The Labute approximate surface area is 115 Å². The second-order valence-electron chi connectivity index (χ2n) is 4.50. The van der Waals surface area contributed by atoms with E-state index in [-0.39, 0.29) is 22.7 Å². The average Bonchev–Trinajstić information content (AvgIpc) is 2.65. The molecule has 2 rings (SSSR count). The van der Waals surface area contributed by atoms with E-state index in [0.29, 0.717) is 17.0 Å². The normalized spacial score (nSPS) is 16.5. The van der Waals surface area contributed by atoms with Crippen molar-refractivity contribution in [3.63, 3.8) is 0 Å². The summed E-state index contributed by atoms with van der Waals surface area (Å²) < 4.78 is 0. The van der Waals surface area contributed by atoms with Crippen molar-refractivity contribution in [3.8, 4) is 0 Å². The Kier molecular flexibility index (Phi) is 3.52. The number of carbonyl (C=O) groups excluding carboxylic acids is 2. The van der Waals surface area contributed by atoms with Crippen LogP contribution in [0.4, 0.5) is 0 Å². The second kappa shape index (κ2) is 5.13. The van der Waals surface area contributed by atoms with Gasteiger partial charge in [-0.25, -0.2) is 4.79 Å². The third-order valence-electron chi connectivity index (χ3n) is 2.99. The molecule has 2 N–H and O–H groups in total. The van der Waals surface area contributed by atoms with Gasteiger partial charge in [0.2, 0.25) is 5.78 Å². The van der Waals surface area contributed by atoms with Crippen LogP contribution in [0.25, 0.3) is 6.08 Å². The fraction of sp³-hybridized carbons (Fsp3) is 0.133. The first-order valence-corrected chi connectivity index (χ1v) is 5.98. The standard InChI is InChI=1S/C15H13NO4/c1-8-13(9(2)17)14(18)12(16-8)7-10-3-5-11(6-4-10)15(19)20/h3-7,16H,1-2H3,(H,19,20)/b12-7+. The molecule has 5 nitrogen and oxygen atoms in total. The molecule has 0 aromatic heterocycles. The van der Waals surface area contributed by atoms with Crippen molar-refractivity contribution >= 4 is 23.6 Å². The Balaban J connectivity index is 2.28. The van der Waals surface area contributed by atoms with Crippen LogP contribution in [-0.4, -0.2) is 22.6 Å². The summed E-state index contributed by atoms with van der Waals surface area (Å²) in [6.45, 7) is 3.02. The molecule has 0 unspecified atom stereocenters. The Hall–Kier alpha value is -2.69. The largest absolute Gasteiger partial charge is 0.478 e. The monoisotopic (exact) mass is 271 g/mol. The maximum atomic E-state index is 12.0. The van der Waals surface area contributed by atoms with Crippen LogP contribution in [0.3, 0.4) is 0 Å². The number of hydrogen-bond donors (Lipinski definition) is 2. The molecule has 0 saturated heterocycles. The summed E-state index contributed by atoms with van der Waals surface area (Å²) in [5.74, 6) is -1.61. The lowest BCUT2D eigenvalue weighted by molar-refractivity contribution is -0.118. The summed E-state index contributed by atoms with van der Waals surface area (Å²) in [6, 6.07) is 6.12. The van der Waals surface area contributed by atoms with E-state index >= 15 is 0 Å². The van der Waals surface area contributed by atoms with Crippen LogP contribution in [0.5, 0.6) is 0 Å². The van der Waals surface area contributed by atoms with E-state index in [1.54, 1.807) is 25.1 Å². The fourth-order valence-electron chi connectivity index (χ4n) is 2.04. The predicted molar refractivity (Wildman–Crippen MR) is 72.9 cm³/mol. The molecular weight excluding hydrogens is 258 g/mol. The summed E-state index contributed by atoms with van der Waals surface area (Å²) in [7, 11) is 0. The van der Waals surface area contributed by atoms with Crippen molar-refractivity contribution < 1.29 is 19.5 Å². The predicted octanol–water partition coefficient (Wildman–Crippen LogP) is 1.76. The number of carbonyl (C=O) groups is 3. The van der Waals surface area contributed by atoms with E-state index in [4.69, 9.17) is 5.11 Å². The zero-order chi connectivity index (χ0) is 14.9. The average molecular weight is 271 g/mol. The molecule has 1 aromatic rings. The second-order valence-corrected chi connectivity index (χ2v) is 4.50. The van der Waals surface area contributed by atoms with Gasteiger partial charge in [-0.2, -0.15) is 0 Å². The summed E-state index contributed by atoms with van der Waals surface area (Å²) in [4.78, 5) is 34.2. The third-order valence-corrected chi connectivity index (χ3v) is 2.99. The van der Waals surface area contributed by atoms with Gasteiger partial charge in [-0.15, -0.1) is 0 Å². The summed E-state index contributed by atoms with van der Waals surface area (Å²) >= 11 is 0. The molecule has 1 aliphatic rings. The van der Waals surface area contributed by atoms with Crippen molar-refractivity contribution in [1.82, 2.24) is 5.32 Å². The SMILES string of the molecule is CC(=O)C1=C(C)N/C(=C/c2ccc(C(=O)O)cc2)C1=O. The lowest BCUT2D eigenvalue weighted by Gasteiger charge is -2.00. The van der Waals surface area contributed by atoms with Gasteiger partial charge in [0.05, 0.1) is 16.8 Å². The molecule has 0 amide bonds. The highest BCUT2D eigenvalue weighted by molar-refractivity contribution is 6.28. The van der Waals surface area contributed by atoms with Gasteiger partial charge in [0.15, 0.2) is 5.78 Å². The van der Waals surface area contributed by atoms with Crippen molar-refractivity contribution in [2.45, 2.75) is 13.8 Å². The molecule has 5 heteroatoms. The van der Waals surface area contributed by atoms with Gasteiger partial charge in [-0.1, -0.05) is 12.1 Å². The highest BCUT2D eigenvalue weighted by atomic mass is 16.4. The Morgan fingerprint density at radius 1 is 1.20 bits per heavy atom. The zero-order valence-electron chi connectivity index (χ0n) is 11.1. The number of rotatable bonds is 3. The number of Topliss-reactive ketones (excluding diaryl/α,β-unsaturated/α-hetero) is 2. The van der Waals surface area contributed by atoms with Crippen LogP contribution in [0.1, 0.15) is 29.8 Å². The van der Waals surface area contributed by atoms with Crippen LogP contribution >= 0.6 is 0 Å². The lowest BCUT2D eigenvalue weighted by Crippen LogP contribution is -2.10.